The third-order valence-electron chi connectivity index (χ3n) is 6.40. The van der Waals surface area contributed by atoms with Crippen LogP contribution in [0.5, 0.6) is 11.5 Å². The van der Waals surface area contributed by atoms with Crippen molar-refractivity contribution in [3.05, 3.63) is 105 Å². The third-order valence-corrected chi connectivity index (χ3v) is 6.40. The van der Waals surface area contributed by atoms with Gasteiger partial charge >= 0.3 is 0 Å². The minimum atomic E-state index is -2.65. The Bertz CT molecular complexity index is 2210. The molecule has 1 aliphatic carbocycles. The molecule has 0 aliphatic heterocycles. The zero-order chi connectivity index (χ0) is 35.5. The molecule has 4 aromatic carbocycles. The van der Waals surface area contributed by atoms with E-state index in [2.05, 4.69) is 9.98 Å². The predicted molar refractivity (Wildman–Crippen MR) is 131 cm³/mol. The number of rotatable bonds is 4. The molecule has 0 saturated carbocycles. The van der Waals surface area contributed by atoms with E-state index in [0.29, 0.717) is 12.2 Å². The van der Waals surface area contributed by atoms with Gasteiger partial charge in [-0.1, -0.05) is 0 Å². The summed E-state index contributed by atoms with van der Waals surface area (Å²) in [4.78, 5) is 6.20. The Morgan fingerprint density at radius 1 is 0.375 bits per heavy atom. The van der Waals surface area contributed by atoms with Crippen LogP contribution in [-0.2, 0) is 0 Å². The first-order valence-electron chi connectivity index (χ1n) is 12.0. The lowest BCUT2D eigenvalue weighted by Gasteiger charge is -2.20. The van der Waals surface area contributed by atoms with Crippen LogP contribution in [-0.4, -0.2) is 11.4 Å². The normalized spacial score (nSPS) is 14.8. The molecule has 0 fully saturated rings. The van der Waals surface area contributed by atoms with Crippen molar-refractivity contribution in [2.75, 3.05) is 0 Å². The number of fused-ring (bicyclic) bond motifs is 2. The number of nitriles is 2. The number of benzene rings is 4. The average Bonchev–Trinajstić information content (AvgIpc) is 3.05. The highest BCUT2D eigenvalue weighted by Gasteiger charge is 2.35. The quantitative estimate of drug-likeness (QED) is 0.0713. The van der Waals surface area contributed by atoms with Gasteiger partial charge in [0.25, 0.3) is 0 Å². The van der Waals surface area contributed by atoms with Gasteiger partial charge in [0.1, 0.15) is 11.4 Å². The van der Waals surface area contributed by atoms with Crippen molar-refractivity contribution in [3.8, 4) is 23.9 Å². The zero-order valence-electron chi connectivity index (χ0n) is 22.1. The standard InChI is InChI=1S/C28H2F14N4O2/c29-13-9-11(15(31)23(39)21(13)37)19(35)27(25(41)17(9)33)47-7-1-5(45-3-43)8(2-6(7)46-4-44)48-28-20(36)12-10(18(34)26(28)42)14(30)22(38)24(40)16(12)32/h1-2H. The van der Waals surface area contributed by atoms with Crippen LogP contribution < -0.4 is 9.47 Å². The molecule has 0 unspecified atom stereocenters. The van der Waals surface area contributed by atoms with Gasteiger partial charge in [-0.3, -0.25) is 0 Å². The molecule has 0 bridgehead atoms. The second-order valence-corrected chi connectivity index (χ2v) is 8.97. The summed E-state index contributed by atoms with van der Waals surface area (Å²) in [7, 11) is 0. The number of halogens is 14. The summed E-state index contributed by atoms with van der Waals surface area (Å²) in [5, 5.41) is 10.1. The second-order valence-electron chi connectivity index (χ2n) is 8.97. The fourth-order valence-corrected chi connectivity index (χ4v) is 4.31. The largest absolute Gasteiger partial charge is 0.449 e. The number of aliphatic imine (C=N–C) groups is 2. The smallest absolute Gasteiger partial charge is 0.206 e. The molecule has 0 N–H and O–H groups in total. The molecule has 4 aromatic rings. The van der Waals surface area contributed by atoms with Crippen molar-refractivity contribution >= 4 is 33.0 Å². The van der Waals surface area contributed by atoms with Gasteiger partial charge in [-0.25, -0.2) is 52.7 Å². The number of hydrogen-bond acceptors (Lipinski definition) is 6. The van der Waals surface area contributed by atoms with Crippen LogP contribution in [0.15, 0.2) is 33.7 Å². The van der Waals surface area contributed by atoms with E-state index in [9.17, 15) is 52.7 Å². The van der Waals surface area contributed by atoms with Crippen molar-refractivity contribution in [2.45, 2.75) is 0 Å². The monoisotopic (exact) mass is 692 g/mol. The summed E-state index contributed by atoms with van der Waals surface area (Å²) in [5.41, 5.74) is -2.10. The van der Waals surface area contributed by atoms with Crippen LogP contribution in [0.1, 0.15) is 0 Å². The van der Waals surface area contributed by atoms with Crippen LogP contribution >= 0.6 is 0 Å². The lowest BCUT2D eigenvalue weighted by molar-refractivity contribution is 0.364. The van der Waals surface area contributed by atoms with Gasteiger partial charge < -0.3 is 9.47 Å². The van der Waals surface area contributed by atoms with Crippen molar-refractivity contribution < 1.29 is 70.9 Å². The number of hydrogen-bond donors (Lipinski definition) is 0. The van der Waals surface area contributed by atoms with E-state index in [-0.39, 0.29) is 0 Å². The molecule has 0 heterocycles. The van der Waals surface area contributed by atoms with Crippen LogP contribution in [0, 0.1) is 104 Å². The van der Waals surface area contributed by atoms with E-state index in [0.717, 1.165) is 12.4 Å². The van der Waals surface area contributed by atoms with Crippen LogP contribution in [0.25, 0.3) is 21.5 Å². The Balaban J connectivity index is 1.67. The lowest BCUT2D eigenvalue weighted by Crippen LogP contribution is -2.22. The van der Waals surface area contributed by atoms with Gasteiger partial charge in [0.2, 0.25) is 35.5 Å². The first kappa shape index (κ1) is 33.2. The van der Waals surface area contributed by atoms with Crippen molar-refractivity contribution in [1.29, 1.82) is 10.5 Å². The van der Waals surface area contributed by atoms with E-state index < -0.39 is 137 Å². The molecular formula is C28H2F14N4O2. The second kappa shape index (κ2) is 11.9. The van der Waals surface area contributed by atoms with Crippen LogP contribution in [0.4, 0.5) is 61.5 Å². The first-order chi connectivity index (χ1) is 22.6. The third kappa shape index (κ3) is 4.80. The lowest BCUT2D eigenvalue weighted by atomic mass is 10.0. The number of ether oxygens (including phenoxy) is 2. The summed E-state index contributed by atoms with van der Waals surface area (Å²) in [6.07, 6.45) is 2.79. The molecule has 6 nitrogen and oxygen atoms in total. The molecule has 48 heavy (non-hydrogen) atoms. The molecule has 0 radical (unpaired) electrons. The van der Waals surface area contributed by atoms with Gasteiger partial charge in [0.05, 0.1) is 21.5 Å². The van der Waals surface area contributed by atoms with E-state index in [1.54, 1.807) is 0 Å². The van der Waals surface area contributed by atoms with Gasteiger partial charge in [-0.2, -0.15) is 29.3 Å². The van der Waals surface area contributed by atoms with Crippen molar-refractivity contribution in [1.82, 2.24) is 0 Å². The van der Waals surface area contributed by atoms with Crippen LogP contribution in [0.3, 0.4) is 0 Å². The van der Waals surface area contributed by atoms with Crippen molar-refractivity contribution in [3.63, 3.8) is 0 Å². The number of allylic oxidation sites excluding steroid dienone is 2. The molecule has 244 valence electrons. The Labute approximate surface area is 254 Å². The molecule has 20 heteroatoms. The molecule has 0 atom stereocenters. The Hall–Kier alpha value is -6.18. The summed E-state index contributed by atoms with van der Waals surface area (Å²) in [5.74, 6) is -41.9. The SMILES string of the molecule is N#CN=C1C=C(Oc2c(F)c(F)c3c(F)c(F)c(F)c(F)c3c2F)C(=NC#N)C=C1Oc1c(F)c(F)c2c(F)c(F)c(F)c(F)c2c1F. The van der Waals surface area contributed by atoms with Gasteiger partial charge in [0, 0.05) is 12.2 Å². The topological polar surface area (TPSA) is 90.8 Å². The highest BCUT2D eigenvalue weighted by atomic mass is 19.2. The Morgan fingerprint density at radius 2 is 0.625 bits per heavy atom. The zero-order valence-corrected chi connectivity index (χ0v) is 22.1. The maximum absolute atomic E-state index is 15.2. The molecule has 5 rings (SSSR count). The van der Waals surface area contributed by atoms with E-state index >= 15 is 8.78 Å². The van der Waals surface area contributed by atoms with Gasteiger partial charge in [-0.15, -0.1) is 0 Å². The Morgan fingerprint density at radius 3 is 0.896 bits per heavy atom. The first-order valence-corrected chi connectivity index (χ1v) is 12.0. The fraction of sp³-hybridized carbons (Fsp3) is 0. The molecule has 0 saturated heterocycles. The minimum Gasteiger partial charge on any atom is -0.449 e. The van der Waals surface area contributed by atoms with Crippen molar-refractivity contribution in [2.24, 2.45) is 9.98 Å². The fourth-order valence-electron chi connectivity index (χ4n) is 4.31. The molecule has 0 spiro atoms. The summed E-state index contributed by atoms with van der Waals surface area (Å²) < 4.78 is 211. The van der Waals surface area contributed by atoms with Gasteiger partial charge in [0.15, 0.2) is 81.3 Å². The highest BCUT2D eigenvalue weighted by Crippen LogP contribution is 2.41. The summed E-state index contributed by atoms with van der Waals surface area (Å²) in [6, 6.07) is 0. The minimum absolute atomic E-state index is 0.306. The Kier molecular flexibility index (Phi) is 8.21. The van der Waals surface area contributed by atoms with E-state index in [1.165, 1.54) is 0 Å². The maximum atomic E-state index is 15.2. The predicted octanol–water partition coefficient (Wildman–Crippen LogP) is 8.02. The average molecular weight is 692 g/mol. The maximum Gasteiger partial charge on any atom is 0.206 e. The van der Waals surface area contributed by atoms with Gasteiger partial charge in [-0.05, 0) is 0 Å². The molecular weight excluding hydrogens is 690 g/mol. The molecule has 1 aliphatic rings. The summed E-state index contributed by atoms with van der Waals surface area (Å²) in [6.45, 7) is 0. The molecule has 0 amide bonds. The van der Waals surface area contributed by atoms with Crippen LogP contribution in [0.2, 0.25) is 0 Å². The summed E-state index contributed by atoms with van der Waals surface area (Å²) >= 11 is 0. The number of nitrogens with zero attached hydrogens (tertiary/aromatic N) is 4. The van der Waals surface area contributed by atoms with E-state index in [4.69, 9.17) is 20.0 Å². The van der Waals surface area contributed by atoms with E-state index in [1.807, 2.05) is 0 Å². The highest BCUT2D eigenvalue weighted by molar-refractivity contribution is 6.23. The molecule has 0 aromatic heterocycles.